The van der Waals surface area contributed by atoms with Crippen LogP contribution in [0.25, 0.3) is 0 Å². The number of ether oxygens (including phenoxy) is 1. The molecule has 1 atom stereocenters. The summed E-state index contributed by atoms with van der Waals surface area (Å²) in [5.41, 5.74) is 1.09. The van der Waals surface area contributed by atoms with Crippen LogP contribution in [0.15, 0.2) is 42.7 Å². The van der Waals surface area contributed by atoms with E-state index in [0.717, 1.165) is 37.3 Å². The fraction of sp³-hybridized carbons (Fsp3) is 0.412. The first-order valence-corrected chi connectivity index (χ1v) is 7.71. The normalized spacial score (nSPS) is 18.4. The van der Waals surface area contributed by atoms with Crippen molar-refractivity contribution in [1.29, 1.82) is 0 Å². The molecule has 1 saturated heterocycles. The molecule has 5 nitrogen and oxygen atoms in total. The lowest BCUT2D eigenvalue weighted by molar-refractivity contribution is -0.137. The van der Waals surface area contributed by atoms with Gasteiger partial charge in [-0.2, -0.15) is 0 Å². The van der Waals surface area contributed by atoms with Gasteiger partial charge in [0.2, 0.25) is 5.91 Å². The molecule has 0 saturated carbocycles. The van der Waals surface area contributed by atoms with Crippen LogP contribution >= 0.6 is 0 Å². The summed E-state index contributed by atoms with van der Waals surface area (Å²) in [6.07, 6.45) is 5.68. The lowest BCUT2D eigenvalue weighted by Crippen LogP contribution is -2.41. The van der Waals surface area contributed by atoms with Gasteiger partial charge in [-0.1, -0.05) is 30.3 Å². The number of hydrogen-bond donors (Lipinski definition) is 1. The Kier molecular flexibility index (Phi) is 4.85. The van der Waals surface area contributed by atoms with Crippen molar-refractivity contribution in [3.8, 4) is 0 Å². The minimum Gasteiger partial charge on any atom is -0.367 e. The van der Waals surface area contributed by atoms with Gasteiger partial charge in [0.15, 0.2) is 0 Å². The Morgan fingerprint density at radius 2 is 2.23 bits per heavy atom. The second kappa shape index (κ2) is 7.22. The minimum absolute atomic E-state index is 0.0622. The standard InChI is InChI=1S/C17H21N3O2/c21-16(13-22-12-14-5-2-1-3-6-14)20-10-4-7-15(11-20)17-18-8-9-19-17/h1-3,5-6,8-9,15H,4,7,10-13H2,(H,18,19)/t15-/m0/s1. The number of aromatic amines is 1. The SMILES string of the molecule is O=C(COCc1ccccc1)N1CCC[C@H](c2ncc[nH]2)C1. The highest BCUT2D eigenvalue weighted by molar-refractivity contribution is 5.77. The summed E-state index contributed by atoms with van der Waals surface area (Å²) in [6.45, 7) is 2.15. The van der Waals surface area contributed by atoms with Gasteiger partial charge in [0.25, 0.3) is 0 Å². The summed E-state index contributed by atoms with van der Waals surface area (Å²) in [5, 5.41) is 0. The maximum Gasteiger partial charge on any atom is 0.248 e. The number of H-pyrrole nitrogens is 1. The van der Waals surface area contributed by atoms with Crippen molar-refractivity contribution in [2.24, 2.45) is 0 Å². The Bertz CT molecular complexity index is 583. The molecule has 0 radical (unpaired) electrons. The molecule has 5 heteroatoms. The van der Waals surface area contributed by atoms with Crippen molar-refractivity contribution in [1.82, 2.24) is 14.9 Å². The van der Waals surface area contributed by atoms with Gasteiger partial charge < -0.3 is 14.6 Å². The van der Waals surface area contributed by atoms with Crippen molar-refractivity contribution in [2.75, 3.05) is 19.7 Å². The second-order valence-corrected chi connectivity index (χ2v) is 5.63. The Morgan fingerprint density at radius 3 is 3.00 bits per heavy atom. The van der Waals surface area contributed by atoms with Crippen LogP contribution < -0.4 is 0 Å². The van der Waals surface area contributed by atoms with Gasteiger partial charge in [0, 0.05) is 31.4 Å². The molecule has 1 aliphatic rings. The third kappa shape index (κ3) is 3.74. The average Bonchev–Trinajstić information content (AvgIpc) is 3.10. The number of nitrogens with one attached hydrogen (secondary N) is 1. The lowest BCUT2D eigenvalue weighted by Gasteiger charge is -2.31. The topological polar surface area (TPSA) is 58.2 Å². The fourth-order valence-corrected chi connectivity index (χ4v) is 2.85. The van der Waals surface area contributed by atoms with E-state index in [1.807, 2.05) is 41.4 Å². The molecule has 1 aromatic carbocycles. The van der Waals surface area contributed by atoms with E-state index in [0.29, 0.717) is 12.5 Å². The van der Waals surface area contributed by atoms with Crippen LogP contribution in [-0.4, -0.2) is 40.5 Å². The molecule has 1 fully saturated rings. The molecule has 0 bridgehead atoms. The van der Waals surface area contributed by atoms with Gasteiger partial charge in [0.05, 0.1) is 6.61 Å². The number of imidazole rings is 1. The number of piperidine rings is 1. The predicted octanol–water partition coefficient (Wildman–Crippen LogP) is 2.33. The van der Waals surface area contributed by atoms with Crippen LogP contribution in [0.1, 0.15) is 30.1 Å². The van der Waals surface area contributed by atoms with Crippen LogP contribution in [0.3, 0.4) is 0 Å². The van der Waals surface area contributed by atoms with Gasteiger partial charge in [-0.05, 0) is 18.4 Å². The van der Waals surface area contributed by atoms with Crippen molar-refractivity contribution >= 4 is 5.91 Å². The number of carbonyl (C=O) groups excluding carboxylic acids is 1. The largest absolute Gasteiger partial charge is 0.367 e. The van der Waals surface area contributed by atoms with E-state index < -0.39 is 0 Å². The zero-order chi connectivity index (χ0) is 15.2. The summed E-state index contributed by atoms with van der Waals surface area (Å²) in [5.74, 6) is 1.34. The number of hydrogen-bond acceptors (Lipinski definition) is 3. The van der Waals surface area contributed by atoms with Crippen molar-refractivity contribution in [3.05, 3.63) is 54.1 Å². The maximum absolute atomic E-state index is 12.3. The first-order valence-electron chi connectivity index (χ1n) is 7.71. The van der Waals surface area contributed by atoms with Crippen LogP contribution in [0.5, 0.6) is 0 Å². The van der Waals surface area contributed by atoms with Crippen molar-refractivity contribution < 1.29 is 9.53 Å². The number of carbonyl (C=O) groups is 1. The highest BCUT2D eigenvalue weighted by Gasteiger charge is 2.25. The Labute approximate surface area is 130 Å². The molecule has 116 valence electrons. The highest BCUT2D eigenvalue weighted by Crippen LogP contribution is 2.24. The molecular weight excluding hydrogens is 278 g/mol. The smallest absolute Gasteiger partial charge is 0.248 e. The first-order chi connectivity index (χ1) is 10.8. The van der Waals surface area contributed by atoms with E-state index >= 15 is 0 Å². The van der Waals surface area contributed by atoms with Gasteiger partial charge in [-0.3, -0.25) is 4.79 Å². The highest BCUT2D eigenvalue weighted by atomic mass is 16.5. The monoisotopic (exact) mass is 299 g/mol. The second-order valence-electron chi connectivity index (χ2n) is 5.63. The molecule has 2 heterocycles. The summed E-state index contributed by atoms with van der Waals surface area (Å²) >= 11 is 0. The molecule has 0 spiro atoms. The van der Waals surface area contributed by atoms with E-state index in [2.05, 4.69) is 9.97 Å². The number of likely N-dealkylation sites (tertiary alicyclic amines) is 1. The van der Waals surface area contributed by atoms with Gasteiger partial charge in [-0.15, -0.1) is 0 Å². The predicted molar refractivity (Wildman–Crippen MR) is 83.2 cm³/mol. The van der Waals surface area contributed by atoms with Gasteiger partial charge in [0.1, 0.15) is 12.4 Å². The molecule has 1 amide bonds. The van der Waals surface area contributed by atoms with E-state index in [-0.39, 0.29) is 12.5 Å². The number of aromatic nitrogens is 2. The maximum atomic E-state index is 12.3. The van der Waals surface area contributed by atoms with Gasteiger partial charge >= 0.3 is 0 Å². The van der Waals surface area contributed by atoms with E-state index in [9.17, 15) is 4.79 Å². The first kappa shape index (κ1) is 14.8. The molecule has 1 N–H and O–H groups in total. The number of benzene rings is 1. The third-order valence-electron chi connectivity index (χ3n) is 4.02. The van der Waals surface area contributed by atoms with E-state index in [1.54, 1.807) is 6.20 Å². The average molecular weight is 299 g/mol. The molecule has 1 aromatic heterocycles. The van der Waals surface area contributed by atoms with Crippen LogP contribution in [-0.2, 0) is 16.1 Å². The summed E-state index contributed by atoms with van der Waals surface area (Å²) in [7, 11) is 0. The van der Waals surface area contributed by atoms with Crippen LogP contribution in [0.4, 0.5) is 0 Å². The molecule has 3 rings (SSSR count). The Hall–Kier alpha value is -2.14. The fourth-order valence-electron chi connectivity index (χ4n) is 2.85. The molecule has 1 aliphatic heterocycles. The Balaban J connectivity index is 1.47. The molecule has 22 heavy (non-hydrogen) atoms. The quantitative estimate of drug-likeness (QED) is 0.922. The van der Waals surface area contributed by atoms with Crippen molar-refractivity contribution in [3.63, 3.8) is 0 Å². The number of amides is 1. The summed E-state index contributed by atoms with van der Waals surface area (Å²) < 4.78 is 5.55. The molecule has 0 unspecified atom stereocenters. The van der Waals surface area contributed by atoms with Gasteiger partial charge in [-0.25, -0.2) is 4.98 Å². The number of nitrogens with zero attached hydrogens (tertiary/aromatic N) is 2. The summed E-state index contributed by atoms with van der Waals surface area (Å²) in [6, 6.07) is 9.91. The zero-order valence-corrected chi connectivity index (χ0v) is 12.6. The third-order valence-corrected chi connectivity index (χ3v) is 4.02. The van der Waals surface area contributed by atoms with Crippen LogP contribution in [0, 0.1) is 0 Å². The zero-order valence-electron chi connectivity index (χ0n) is 12.6. The Morgan fingerprint density at radius 1 is 1.36 bits per heavy atom. The molecule has 0 aliphatic carbocycles. The minimum atomic E-state index is 0.0622. The molecule has 2 aromatic rings. The lowest BCUT2D eigenvalue weighted by atomic mass is 9.97. The number of rotatable bonds is 5. The van der Waals surface area contributed by atoms with E-state index in [4.69, 9.17) is 4.74 Å². The molecular formula is C17H21N3O2. The van der Waals surface area contributed by atoms with Crippen molar-refractivity contribution in [2.45, 2.75) is 25.4 Å². The summed E-state index contributed by atoms with van der Waals surface area (Å²) in [4.78, 5) is 21.6. The van der Waals surface area contributed by atoms with E-state index in [1.165, 1.54) is 0 Å². The van der Waals surface area contributed by atoms with Crippen LogP contribution in [0.2, 0.25) is 0 Å².